The topological polar surface area (TPSA) is 48.1 Å². The maximum Gasteiger partial charge on any atom is 0.0749 e. The second-order valence-electron chi connectivity index (χ2n) is 4.99. The quantitative estimate of drug-likeness (QED) is 0.900. The van der Waals surface area contributed by atoms with Crippen LogP contribution >= 0.6 is 0 Å². The lowest BCUT2D eigenvalue weighted by molar-refractivity contribution is 0.182. The van der Waals surface area contributed by atoms with Gasteiger partial charge in [0.1, 0.15) is 0 Å². The van der Waals surface area contributed by atoms with Gasteiger partial charge in [-0.2, -0.15) is 0 Å². The predicted molar refractivity (Wildman–Crippen MR) is 72.2 cm³/mol. The molecule has 0 aliphatic carbocycles. The molecule has 0 bridgehead atoms. The third kappa shape index (κ3) is 2.24. The molecule has 3 nitrogen and oxygen atoms in total. The van der Waals surface area contributed by atoms with Gasteiger partial charge in [0.15, 0.2) is 0 Å². The molecule has 1 aliphatic rings. The van der Waals surface area contributed by atoms with Gasteiger partial charge in [0.2, 0.25) is 0 Å². The van der Waals surface area contributed by atoms with Crippen LogP contribution in [0.4, 0.5) is 0 Å². The lowest BCUT2D eigenvalue weighted by Crippen LogP contribution is -2.16. The van der Waals surface area contributed by atoms with E-state index in [1.807, 2.05) is 12.3 Å². The summed E-state index contributed by atoms with van der Waals surface area (Å²) in [7, 11) is 0. The number of pyridine rings is 1. The van der Waals surface area contributed by atoms with Crippen molar-refractivity contribution in [1.29, 1.82) is 0 Å². The highest BCUT2D eigenvalue weighted by Gasteiger charge is 2.20. The van der Waals surface area contributed by atoms with Gasteiger partial charge < -0.3 is 10.5 Å². The van der Waals surface area contributed by atoms with E-state index in [0.717, 1.165) is 42.5 Å². The predicted octanol–water partition coefficient (Wildman–Crippen LogP) is 2.66. The summed E-state index contributed by atoms with van der Waals surface area (Å²) in [6.45, 7) is 1.73. The lowest BCUT2D eigenvalue weighted by atomic mass is 9.93. The van der Waals surface area contributed by atoms with E-state index >= 15 is 0 Å². The molecular formula is C15H18N2O. The molecule has 2 unspecified atom stereocenters. The fraction of sp³-hybridized carbons (Fsp3) is 0.400. The summed E-state index contributed by atoms with van der Waals surface area (Å²) in [5, 5.41) is 1.16. The first-order valence-corrected chi connectivity index (χ1v) is 6.51. The molecule has 0 saturated carbocycles. The van der Waals surface area contributed by atoms with E-state index in [9.17, 15) is 0 Å². The van der Waals surface area contributed by atoms with Crippen LogP contribution in [0, 0.1) is 5.92 Å². The van der Waals surface area contributed by atoms with Crippen molar-refractivity contribution in [3.05, 3.63) is 42.1 Å². The van der Waals surface area contributed by atoms with Crippen molar-refractivity contribution in [3.63, 3.8) is 0 Å². The van der Waals surface area contributed by atoms with E-state index in [1.54, 1.807) is 0 Å². The van der Waals surface area contributed by atoms with E-state index in [-0.39, 0.29) is 6.04 Å². The second kappa shape index (κ2) is 5.04. The third-order valence-corrected chi connectivity index (χ3v) is 3.67. The molecule has 3 rings (SSSR count). The minimum Gasteiger partial charge on any atom is -0.381 e. The van der Waals surface area contributed by atoms with Gasteiger partial charge in [-0.25, -0.2) is 0 Å². The summed E-state index contributed by atoms with van der Waals surface area (Å²) >= 11 is 0. The number of hydrogen-bond donors (Lipinski definition) is 1. The average molecular weight is 242 g/mol. The maximum atomic E-state index is 6.35. The number of ether oxygens (including phenoxy) is 1. The van der Waals surface area contributed by atoms with Crippen LogP contribution < -0.4 is 5.73 Å². The van der Waals surface area contributed by atoms with Gasteiger partial charge in [0.25, 0.3) is 0 Å². The summed E-state index contributed by atoms with van der Waals surface area (Å²) in [6.07, 6.45) is 3.94. The largest absolute Gasteiger partial charge is 0.381 e. The van der Waals surface area contributed by atoms with Crippen molar-refractivity contribution in [2.24, 2.45) is 11.7 Å². The molecule has 2 N–H and O–H groups in total. The van der Waals surface area contributed by atoms with Crippen molar-refractivity contribution in [1.82, 2.24) is 4.98 Å². The maximum absolute atomic E-state index is 6.35. The number of nitrogens with zero attached hydrogens (tertiary/aromatic N) is 1. The van der Waals surface area contributed by atoms with Crippen molar-refractivity contribution in [2.75, 3.05) is 13.2 Å². The van der Waals surface area contributed by atoms with E-state index < -0.39 is 0 Å². The number of fused-ring (bicyclic) bond motifs is 1. The van der Waals surface area contributed by atoms with Gasteiger partial charge >= 0.3 is 0 Å². The van der Waals surface area contributed by atoms with Crippen LogP contribution in [0.2, 0.25) is 0 Å². The second-order valence-corrected chi connectivity index (χ2v) is 4.99. The van der Waals surface area contributed by atoms with Gasteiger partial charge in [-0.3, -0.25) is 4.98 Å². The van der Waals surface area contributed by atoms with Crippen molar-refractivity contribution in [3.8, 4) is 0 Å². The van der Waals surface area contributed by atoms with E-state index in [2.05, 4.69) is 29.2 Å². The minimum absolute atomic E-state index is 0.0512. The molecule has 94 valence electrons. The SMILES string of the molecule is NC(CC1CCOC1)c1cccc2cccnc12. The smallest absolute Gasteiger partial charge is 0.0749 e. The highest BCUT2D eigenvalue weighted by atomic mass is 16.5. The monoisotopic (exact) mass is 242 g/mol. The van der Waals surface area contributed by atoms with E-state index in [4.69, 9.17) is 10.5 Å². The summed E-state index contributed by atoms with van der Waals surface area (Å²) in [4.78, 5) is 4.47. The van der Waals surface area contributed by atoms with Crippen LogP contribution in [-0.4, -0.2) is 18.2 Å². The molecule has 0 radical (unpaired) electrons. The summed E-state index contributed by atoms with van der Waals surface area (Å²) in [5.41, 5.74) is 8.53. The fourth-order valence-corrected chi connectivity index (χ4v) is 2.68. The first-order chi connectivity index (χ1) is 8.84. The summed E-state index contributed by atoms with van der Waals surface area (Å²) in [6, 6.07) is 10.3. The molecule has 3 heteroatoms. The zero-order valence-corrected chi connectivity index (χ0v) is 10.4. The fourth-order valence-electron chi connectivity index (χ4n) is 2.68. The Bertz CT molecular complexity index is 530. The van der Waals surface area contributed by atoms with Crippen LogP contribution in [0.5, 0.6) is 0 Å². The Morgan fingerprint density at radius 3 is 3.06 bits per heavy atom. The number of para-hydroxylation sites is 1. The van der Waals surface area contributed by atoms with Crippen molar-refractivity contribution < 1.29 is 4.74 Å². The van der Waals surface area contributed by atoms with E-state index in [0.29, 0.717) is 5.92 Å². The molecule has 0 amide bonds. The number of benzene rings is 1. The Kier molecular flexibility index (Phi) is 3.26. The molecule has 1 saturated heterocycles. The van der Waals surface area contributed by atoms with Gasteiger partial charge in [0, 0.05) is 30.8 Å². The highest BCUT2D eigenvalue weighted by Crippen LogP contribution is 2.28. The Balaban J connectivity index is 1.88. The van der Waals surface area contributed by atoms with Gasteiger partial charge in [-0.15, -0.1) is 0 Å². The molecule has 0 spiro atoms. The standard InChI is InChI=1S/C15H18N2O/c16-14(9-11-6-8-18-10-11)13-5-1-3-12-4-2-7-17-15(12)13/h1-5,7,11,14H,6,8-10,16H2. The normalized spacial score (nSPS) is 21.3. The minimum atomic E-state index is 0.0512. The van der Waals surface area contributed by atoms with Crippen LogP contribution in [0.15, 0.2) is 36.5 Å². The molecule has 1 aromatic carbocycles. The lowest BCUT2D eigenvalue weighted by Gasteiger charge is -2.17. The van der Waals surface area contributed by atoms with Crippen LogP contribution in [0.3, 0.4) is 0 Å². The number of hydrogen-bond acceptors (Lipinski definition) is 3. The Morgan fingerprint density at radius 1 is 1.33 bits per heavy atom. The van der Waals surface area contributed by atoms with Crippen LogP contribution in [-0.2, 0) is 4.74 Å². The molecule has 2 atom stereocenters. The number of aromatic nitrogens is 1. The van der Waals surface area contributed by atoms with Crippen LogP contribution in [0.1, 0.15) is 24.4 Å². The number of rotatable bonds is 3. The molecule has 1 fully saturated rings. The molecular weight excluding hydrogens is 224 g/mol. The summed E-state index contributed by atoms with van der Waals surface area (Å²) in [5.74, 6) is 0.596. The Hall–Kier alpha value is -1.45. The van der Waals surface area contributed by atoms with Gasteiger partial charge in [0.05, 0.1) is 5.52 Å². The molecule has 1 aromatic heterocycles. The van der Waals surface area contributed by atoms with Crippen molar-refractivity contribution >= 4 is 10.9 Å². The van der Waals surface area contributed by atoms with Crippen LogP contribution in [0.25, 0.3) is 10.9 Å². The van der Waals surface area contributed by atoms with Crippen molar-refractivity contribution in [2.45, 2.75) is 18.9 Å². The zero-order valence-electron chi connectivity index (χ0n) is 10.4. The first-order valence-electron chi connectivity index (χ1n) is 6.51. The number of nitrogens with two attached hydrogens (primary N) is 1. The highest BCUT2D eigenvalue weighted by molar-refractivity contribution is 5.81. The van der Waals surface area contributed by atoms with Gasteiger partial charge in [-0.05, 0) is 30.4 Å². The Labute approximate surface area is 107 Å². The third-order valence-electron chi connectivity index (χ3n) is 3.67. The molecule has 2 aromatic rings. The first kappa shape index (κ1) is 11.6. The summed E-state index contributed by atoms with van der Waals surface area (Å²) < 4.78 is 5.41. The zero-order chi connectivity index (χ0) is 12.4. The van der Waals surface area contributed by atoms with E-state index in [1.165, 1.54) is 0 Å². The Morgan fingerprint density at radius 2 is 2.22 bits per heavy atom. The molecule has 18 heavy (non-hydrogen) atoms. The molecule has 2 heterocycles. The molecule has 1 aliphatic heterocycles. The van der Waals surface area contributed by atoms with Gasteiger partial charge in [-0.1, -0.05) is 24.3 Å². The average Bonchev–Trinajstić information content (AvgIpc) is 2.91.